The minimum Gasteiger partial charge on any atom is -0.268 e. The average Bonchev–Trinajstić information content (AvgIpc) is 2.58. The van der Waals surface area contributed by atoms with Crippen LogP contribution in [0, 0.1) is 10.1 Å². The Morgan fingerprint density at radius 3 is 2.54 bits per heavy atom. The van der Waals surface area contributed by atoms with Crippen LogP contribution in [0.4, 0.5) is 5.69 Å². The summed E-state index contributed by atoms with van der Waals surface area (Å²) >= 11 is 3.32. The molecule has 0 aromatic heterocycles. The third kappa shape index (κ3) is 5.03. The van der Waals surface area contributed by atoms with Crippen molar-refractivity contribution in [2.75, 3.05) is 0 Å². The maximum absolute atomic E-state index is 11.9. The number of hydrogen-bond acceptors (Lipinski definition) is 4. The fourth-order valence-electron chi connectivity index (χ4n) is 1.78. The zero-order valence-corrected chi connectivity index (χ0v) is 13.8. The van der Waals surface area contributed by atoms with Crippen LogP contribution in [0.15, 0.2) is 59.1 Å². The third-order valence-corrected chi connectivity index (χ3v) is 3.39. The van der Waals surface area contributed by atoms with Crippen molar-refractivity contribution in [3.05, 3.63) is 80.3 Å². The van der Waals surface area contributed by atoms with Gasteiger partial charge in [0, 0.05) is 28.2 Å². The smallest absolute Gasteiger partial charge is 0.268 e. The molecule has 0 radical (unpaired) electrons. The molecule has 7 nitrogen and oxygen atoms in total. The fourth-order valence-corrected chi connectivity index (χ4v) is 2.19. The molecule has 0 atom stereocenters. The first kappa shape index (κ1) is 17.4. The van der Waals surface area contributed by atoms with Gasteiger partial charge in [-0.25, -0.2) is 0 Å². The summed E-state index contributed by atoms with van der Waals surface area (Å²) in [6, 6.07) is 12.5. The molecule has 2 rings (SSSR count). The van der Waals surface area contributed by atoms with Crippen LogP contribution in [-0.2, 0) is 4.79 Å². The Kier molecular flexibility index (Phi) is 5.80. The highest BCUT2D eigenvalue weighted by molar-refractivity contribution is 9.10. The minimum absolute atomic E-state index is 0.0699. The van der Waals surface area contributed by atoms with Gasteiger partial charge in [0.05, 0.1) is 4.92 Å². The highest BCUT2D eigenvalue weighted by atomic mass is 79.9. The summed E-state index contributed by atoms with van der Waals surface area (Å²) in [6.07, 6.45) is 2.84. The van der Waals surface area contributed by atoms with E-state index in [1.165, 1.54) is 24.3 Å². The maximum Gasteiger partial charge on any atom is 0.270 e. The molecule has 0 spiro atoms. The van der Waals surface area contributed by atoms with Crippen molar-refractivity contribution < 1.29 is 14.5 Å². The molecule has 2 aromatic rings. The van der Waals surface area contributed by atoms with Gasteiger partial charge in [-0.2, -0.15) is 0 Å². The molecule has 0 aliphatic rings. The van der Waals surface area contributed by atoms with E-state index in [9.17, 15) is 19.7 Å². The van der Waals surface area contributed by atoms with E-state index < -0.39 is 16.7 Å². The van der Waals surface area contributed by atoms with Crippen molar-refractivity contribution in [2.24, 2.45) is 0 Å². The highest BCUT2D eigenvalue weighted by Crippen LogP contribution is 2.13. The van der Waals surface area contributed by atoms with E-state index >= 15 is 0 Å². The number of benzene rings is 2. The maximum atomic E-state index is 11.9. The van der Waals surface area contributed by atoms with Gasteiger partial charge in [0.25, 0.3) is 17.5 Å². The Hall–Kier alpha value is -3.00. The minimum atomic E-state index is -0.650. The topological polar surface area (TPSA) is 101 Å². The molecule has 0 aliphatic carbocycles. The zero-order chi connectivity index (χ0) is 17.5. The normalized spacial score (nSPS) is 10.4. The SMILES string of the molecule is O=C(/C=C/c1cccc(Br)c1)NNC(=O)c1cccc([N+](=O)[O-])c1. The molecule has 24 heavy (non-hydrogen) atoms. The number of nitrogens with zero attached hydrogens (tertiary/aromatic N) is 1. The lowest BCUT2D eigenvalue weighted by Gasteiger charge is -2.05. The molecule has 2 amide bonds. The number of carbonyl (C=O) groups is 2. The molecule has 2 N–H and O–H groups in total. The van der Waals surface area contributed by atoms with E-state index in [4.69, 9.17) is 0 Å². The van der Waals surface area contributed by atoms with Crippen LogP contribution >= 0.6 is 15.9 Å². The third-order valence-electron chi connectivity index (χ3n) is 2.89. The summed E-state index contributed by atoms with van der Waals surface area (Å²) in [5.74, 6) is -1.18. The molecule has 122 valence electrons. The van der Waals surface area contributed by atoms with Crippen LogP contribution in [0.1, 0.15) is 15.9 Å². The summed E-state index contributed by atoms with van der Waals surface area (Å²) in [6.45, 7) is 0. The van der Waals surface area contributed by atoms with Crippen molar-refractivity contribution in [1.29, 1.82) is 0 Å². The molecule has 0 saturated carbocycles. The first-order chi connectivity index (χ1) is 11.5. The molecular weight excluding hydrogens is 378 g/mol. The number of nitrogens with one attached hydrogen (secondary N) is 2. The van der Waals surface area contributed by atoms with Gasteiger partial charge in [-0.15, -0.1) is 0 Å². The fraction of sp³-hybridized carbons (Fsp3) is 0. The quantitative estimate of drug-likeness (QED) is 0.476. The van der Waals surface area contributed by atoms with Crippen LogP contribution in [0.5, 0.6) is 0 Å². The second-order valence-electron chi connectivity index (χ2n) is 4.64. The average molecular weight is 390 g/mol. The molecule has 0 aliphatic heterocycles. The predicted molar refractivity (Wildman–Crippen MR) is 91.9 cm³/mol. The van der Waals surface area contributed by atoms with E-state index in [-0.39, 0.29) is 11.3 Å². The molecule has 2 aromatic carbocycles. The van der Waals surface area contributed by atoms with E-state index in [1.54, 1.807) is 6.08 Å². The lowest BCUT2D eigenvalue weighted by Crippen LogP contribution is -2.40. The molecule has 0 heterocycles. The summed E-state index contributed by atoms with van der Waals surface area (Å²) in [5, 5.41) is 10.7. The van der Waals surface area contributed by atoms with Gasteiger partial charge < -0.3 is 0 Å². The number of nitro benzene ring substituents is 1. The van der Waals surface area contributed by atoms with Gasteiger partial charge >= 0.3 is 0 Å². The van der Waals surface area contributed by atoms with Gasteiger partial charge in [0.2, 0.25) is 0 Å². The van der Waals surface area contributed by atoms with Crippen molar-refractivity contribution in [3.63, 3.8) is 0 Å². The largest absolute Gasteiger partial charge is 0.270 e. The van der Waals surface area contributed by atoms with Crippen molar-refractivity contribution in [1.82, 2.24) is 10.9 Å². The van der Waals surface area contributed by atoms with Crippen molar-refractivity contribution in [3.8, 4) is 0 Å². The number of carbonyl (C=O) groups excluding carboxylic acids is 2. The van der Waals surface area contributed by atoms with Crippen molar-refractivity contribution in [2.45, 2.75) is 0 Å². The molecule has 0 saturated heterocycles. The van der Waals surface area contributed by atoms with Crippen LogP contribution in [0.2, 0.25) is 0 Å². The van der Waals surface area contributed by atoms with Crippen LogP contribution < -0.4 is 10.9 Å². The Morgan fingerprint density at radius 2 is 1.83 bits per heavy atom. The zero-order valence-electron chi connectivity index (χ0n) is 12.2. The number of halogens is 1. The van der Waals surface area contributed by atoms with Crippen molar-refractivity contribution >= 4 is 39.5 Å². The van der Waals surface area contributed by atoms with Gasteiger partial charge in [0.15, 0.2) is 0 Å². The number of rotatable bonds is 4. The van der Waals surface area contributed by atoms with Gasteiger partial charge in [-0.3, -0.25) is 30.6 Å². The first-order valence-electron chi connectivity index (χ1n) is 6.74. The molecule has 0 bridgehead atoms. The molecule has 8 heteroatoms. The number of hydrazine groups is 1. The Labute approximate surface area is 145 Å². The van der Waals surface area contributed by atoms with E-state index in [0.717, 1.165) is 16.1 Å². The summed E-state index contributed by atoms with van der Waals surface area (Å²) < 4.78 is 0.879. The standard InChI is InChI=1S/C16H12BrN3O4/c17-13-5-1-3-11(9-13)7-8-15(21)18-19-16(22)12-4-2-6-14(10-12)20(23)24/h1-10H,(H,18,21)(H,19,22)/b8-7+. The second-order valence-corrected chi connectivity index (χ2v) is 5.55. The molecule has 0 fully saturated rings. The van der Waals surface area contributed by atoms with Gasteiger partial charge in [-0.1, -0.05) is 34.1 Å². The first-order valence-corrected chi connectivity index (χ1v) is 7.53. The summed E-state index contributed by atoms with van der Waals surface area (Å²) in [7, 11) is 0. The summed E-state index contributed by atoms with van der Waals surface area (Å²) in [5.41, 5.74) is 5.07. The molecule has 0 unspecified atom stereocenters. The lowest BCUT2D eigenvalue weighted by molar-refractivity contribution is -0.384. The van der Waals surface area contributed by atoms with Gasteiger partial charge in [-0.05, 0) is 29.8 Å². The monoisotopic (exact) mass is 389 g/mol. The van der Waals surface area contributed by atoms with Crippen LogP contribution in [0.25, 0.3) is 6.08 Å². The van der Waals surface area contributed by atoms with Crippen LogP contribution in [0.3, 0.4) is 0 Å². The van der Waals surface area contributed by atoms with Crippen LogP contribution in [-0.4, -0.2) is 16.7 Å². The Morgan fingerprint density at radius 1 is 1.08 bits per heavy atom. The molecular formula is C16H12BrN3O4. The van der Waals surface area contributed by atoms with E-state index in [2.05, 4.69) is 26.8 Å². The number of hydrogen-bond donors (Lipinski definition) is 2. The van der Waals surface area contributed by atoms with E-state index in [1.807, 2.05) is 24.3 Å². The highest BCUT2D eigenvalue weighted by Gasteiger charge is 2.11. The summed E-state index contributed by atoms with van der Waals surface area (Å²) in [4.78, 5) is 33.6. The number of amides is 2. The Balaban J connectivity index is 1.92. The number of nitro groups is 1. The second kappa shape index (κ2) is 8.02. The number of non-ortho nitro benzene ring substituents is 1. The predicted octanol–water partition coefficient (Wildman–Crippen LogP) is 2.83. The van der Waals surface area contributed by atoms with Gasteiger partial charge in [0.1, 0.15) is 0 Å². The lowest BCUT2D eigenvalue weighted by atomic mass is 10.2. The Bertz CT molecular complexity index is 820. The van der Waals surface area contributed by atoms with E-state index in [0.29, 0.717) is 0 Å².